The summed E-state index contributed by atoms with van der Waals surface area (Å²) in [6, 6.07) is 7.84. The second-order valence-corrected chi connectivity index (χ2v) is 5.87. The van der Waals surface area contributed by atoms with Gasteiger partial charge in [0, 0.05) is 6.07 Å². The van der Waals surface area contributed by atoms with Gasteiger partial charge in [0.1, 0.15) is 17.1 Å². The fourth-order valence-corrected chi connectivity index (χ4v) is 2.83. The van der Waals surface area contributed by atoms with Crippen LogP contribution in [0.5, 0.6) is 5.75 Å². The fourth-order valence-electron chi connectivity index (χ4n) is 2.62. The lowest BCUT2D eigenvalue weighted by atomic mass is 10.2. The molecule has 0 spiro atoms. The van der Waals surface area contributed by atoms with Crippen LogP contribution in [0.4, 0.5) is 15.9 Å². The predicted octanol–water partition coefficient (Wildman–Crippen LogP) is 4.43. The maximum atomic E-state index is 14.1. The lowest BCUT2D eigenvalue weighted by Gasteiger charge is -2.12. The summed E-state index contributed by atoms with van der Waals surface area (Å²) in [6.45, 7) is 1.81. The van der Waals surface area contributed by atoms with E-state index in [1.54, 1.807) is 24.7 Å². The standard InChI is InChI=1S/C17H12ClFN4O/c1-9-5-13-12(6-15(9)24)21-17(14-7-20-8-23(13)14)22-16-10(18)3-2-4-11(16)19/h2-8,24H,1H3,(H,21,22). The average molecular weight is 343 g/mol. The molecule has 0 aliphatic carbocycles. The number of phenolic OH excluding ortho intramolecular Hbond substituents is 1. The molecule has 0 fully saturated rings. The number of hydrogen-bond acceptors (Lipinski definition) is 4. The van der Waals surface area contributed by atoms with Crippen molar-refractivity contribution in [2.75, 3.05) is 5.32 Å². The maximum Gasteiger partial charge on any atom is 0.157 e. The van der Waals surface area contributed by atoms with Crippen molar-refractivity contribution in [3.8, 4) is 5.75 Å². The molecule has 2 N–H and O–H groups in total. The molecule has 0 radical (unpaired) electrons. The van der Waals surface area contributed by atoms with Crippen LogP contribution in [0, 0.1) is 12.7 Å². The van der Waals surface area contributed by atoms with Crippen LogP contribution in [-0.2, 0) is 0 Å². The van der Waals surface area contributed by atoms with Gasteiger partial charge in [0.2, 0.25) is 0 Å². The van der Waals surface area contributed by atoms with Crippen LogP contribution in [-0.4, -0.2) is 19.5 Å². The number of aromatic hydroxyl groups is 1. The normalized spacial score (nSPS) is 11.3. The van der Waals surface area contributed by atoms with Gasteiger partial charge in [-0.2, -0.15) is 0 Å². The van der Waals surface area contributed by atoms with Gasteiger partial charge in [-0.05, 0) is 30.7 Å². The Labute approximate surface area is 141 Å². The number of fused-ring (bicyclic) bond motifs is 3. The van der Waals surface area contributed by atoms with E-state index in [4.69, 9.17) is 11.6 Å². The van der Waals surface area contributed by atoms with Gasteiger partial charge in [-0.25, -0.2) is 14.4 Å². The maximum absolute atomic E-state index is 14.1. The first kappa shape index (κ1) is 14.7. The van der Waals surface area contributed by atoms with Crippen LogP contribution in [0.25, 0.3) is 16.6 Å². The Hall–Kier alpha value is -2.86. The number of imidazole rings is 1. The Morgan fingerprint density at radius 3 is 2.88 bits per heavy atom. The highest BCUT2D eigenvalue weighted by molar-refractivity contribution is 6.33. The number of benzene rings is 2. The van der Waals surface area contributed by atoms with Crippen molar-refractivity contribution in [1.29, 1.82) is 0 Å². The highest BCUT2D eigenvalue weighted by atomic mass is 35.5. The third kappa shape index (κ3) is 2.23. The van der Waals surface area contributed by atoms with Crippen molar-refractivity contribution < 1.29 is 9.50 Å². The van der Waals surface area contributed by atoms with Gasteiger partial charge in [-0.1, -0.05) is 17.7 Å². The van der Waals surface area contributed by atoms with Gasteiger partial charge < -0.3 is 10.4 Å². The van der Waals surface area contributed by atoms with E-state index in [0.29, 0.717) is 16.9 Å². The number of aryl methyl sites for hydroxylation is 1. The van der Waals surface area contributed by atoms with Gasteiger partial charge in [0.15, 0.2) is 5.82 Å². The zero-order valence-electron chi connectivity index (χ0n) is 12.6. The zero-order chi connectivity index (χ0) is 16.8. The second kappa shape index (κ2) is 5.35. The summed E-state index contributed by atoms with van der Waals surface area (Å²) >= 11 is 6.08. The average Bonchev–Trinajstić information content (AvgIpc) is 3.03. The molecule has 0 atom stereocenters. The van der Waals surface area contributed by atoms with Crippen LogP contribution in [0.3, 0.4) is 0 Å². The largest absolute Gasteiger partial charge is 0.508 e. The molecular weight excluding hydrogens is 331 g/mol. The molecule has 2 aromatic heterocycles. The number of nitrogens with zero attached hydrogens (tertiary/aromatic N) is 3. The van der Waals surface area contributed by atoms with Gasteiger partial charge in [0.25, 0.3) is 0 Å². The number of rotatable bonds is 2. The highest BCUT2D eigenvalue weighted by Gasteiger charge is 2.14. The highest BCUT2D eigenvalue weighted by Crippen LogP contribution is 2.32. The van der Waals surface area contributed by atoms with Crippen molar-refractivity contribution >= 4 is 39.7 Å². The van der Waals surface area contributed by atoms with Crippen LogP contribution in [0.15, 0.2) is 42.9 Å². The van der Waals surface area contributed by atoms with Gasteiger partial charge in [-0.3, -0.25) is 4.40 Å². The zero-order valence-corrected chi connectivity index (χ0v) is 13.3. The molecule has 5 nitrogen and oxygen atoms in total. The van der Waals surface area contributed by atoms with E-state index < -0.39 is 5.82 Å². The number of halogens is 2. The van der Waals surface area contributed by atoms with E-state index in [-0.39, 0.29) is 16.5 Å². The molecule has 2 aromatic carbocycles. The molecular formula is C17H12ClFN4O. The SMILES string of the molecule is Cc1cc2c(cc1O)nc(Nc1c(F)cccc1Cl)c1cncn12. The smallest absolute Gasteiger partial charge is 0.157 e. The van der Waals surface area contributed by atoms with Crippen molar-refractivity contribution in [2.45, 2.75) is 6.92 Å². The Kier molecular flexibility index (Phi) is 3.28. The number of hydrogen-bond donors (Lipinski definition) is 2. The summed E-state index contributed by atoms with van der Waals surface area (Å²) in [5, 5.41) is 13.1. The summed E-state index contributed by atoms with van der Waals surface area (Å²) in [5.41, 5.74) is 2.90. The molecule has 4 rings (SSSR count). The number of para-hydroxylation sites is 1. The Morgan fingerprint density at radius 2 is 2.08 bits per heavy atom. The predicted molar refractivity (Wildman–Crippen MR) is 91.6 cm³/mol. The first-order chi connectivity index (χ1) is 11.5. The van der Waals surface area contributed by atoms with Crippen molar-refractivity contribution in [3.63, 3.8) is 0 Å². The molecule has 0 bridgehead atoms. The summed E-state index contributed by atoms with van der Waals surface area (Å²) in [7, 11) is 0. The van der Waals surface area contributed by atoms with Gasteiger partial charge >= 0.3 is 0 Å². The number of nitrogens with one attached hydrogen (secondary N) is 1. The minimum atomic E-state index is -0.478. The minimum Gasteiger partial charge on any atom is -0.508 e. The quantitative estimate of drug-likeness (QED) is 0.565. The summed E-state index contributed by atoms with van der Waals surface area (Å²) in [5.74, 6) is 0.0633. The molecule has 0 saturated heterocycles. The van der Waals surface area contributed by atoms with E-state index in [0.717, 1.165) is 11.1 Å². The lowest BCUT2D eigenvalue weighted by Crippen LogP contribution is -2.01. The third-order valence-electron chi connectivity index (χ3n) is 3.87. The molecule has 2 heterocycles. The molecule has 0 aliphatic rings. The van der Waals surface area contributed by atoms with E-state index >= 15 is 0 Å². The van der Waals surface area contributed by atoms with Crippen molar-refractivity contribution in [3.05, 3.63) is 59.3 Å². The molecule has 120 valence electrons. The Balaban J connectivity index is 1.97. The van der Waals surface area contributed by atoms with Crippen molar-refractivity contribution in [1.82, 2.24) is 14.4 Å². The second-order valence-electron chi connectivity index (χ2n) is 5.46. The lowest BCUT2D eigenvalue weighted by molar-refractivity contribution is 0.472. The van der Waals surface area contributed by atoms with E-state index in [1.165, 1.54) is 12.1 Å². The summed E-state index contributed by atoms with van der Waals surface area (Å²) in [4.78, 5) is 8.64. The topological polar surface area (TPSA) is 62.5 Å². The summed E-state index contributed by atoms with van der Waals surface area (Å²) < 4.78 is 15.9. The molecule has 7 heteroatoms. The fraction of sp³-hybridized carbons (Fsp3) is 0.0588. The summed E-state index contributed by atoms with van der Waals surface area (Å²) in [6.07, 6.45) is 3.27. The van der Waals surface area contributed by atoms with Crippen LogP contribution in [0.1, 0.15) is 5.56 Å². The molecule has 4 aromatic rings. The van der Waals surface area contributed by atoms with Gasteiger partial charge in [0.05, 0.1) is 34.3 Å². The number of anilines is 2. The molecule has 0 aliphatic heterocycles. The Morgan fingerprint density at radius 1 is 1.25 bits per heavy atom. The van der Waals surface area contributed by atoms with Gasteiger partial charge in [-0.15, -0.1) is 0 Å². The molecule has 24 heavy (non-hydrogen) atoms. The monoisotopic (exact) mass is 342 g/mol. The minimum absolute atomic E-state index is 0.143. The van der Waals surface area contributed by atoms with Crippen LogP contribution in [0.2, 0.25) is 5.02 Å². The third-order valence-corrected chi connectivity index (χ3v) is 4.19. The number of phenols is 1. The molecule has 0 unspecified atom stereocenters. The van der Waals surface area contributed by atoms with E-state index in [2.05, 4.69) is 15.3 Å². The molecule has 0 saturated carbocycles. The van der Waals surface area contributed by atoms with Crippen LogP contribution >= 0.6 is 11.6 Å². The first-order valence-corrected chi connectivity index (χ1v) is 7.59. The first-order valence-electron chi connectivity index (χ1n) is 7.21. The van der Waals surface area contributed by atoms with Crippen LogP contribution < -0.4 is 5.32 Å². The van der Waals surface area contributed by atoms with Crippen molar-refractivity contribution in [2.24, 2.45) is 0 Å². The Bertz CT molecular complexity index is 1070. The van der Waals surface area contributed by atoms with E-state index in [1.807, 2.05) is 17.4 Å². The van der Waals surface area contributed by atoms with E-state index in [9.17, 15) is 9.50 Å². The molecule has 0 amide bonds. The number of aromatic nitrogens is 3.